The maximum atomic E-state index is 7.21. The van der Waals surface area contributed by atoms with E-state index in [1.54, 1.807) is 0 Å². The highest BCUT2D eigenvalue weighted by molar-refractivity contribution is 5.79. The van der Waals surface area contributed by atoms with Gasteiger partial charge in [-0.25, -0.2) is 0 Å². The summed E-state index contributed by atoms with van der Waals surface area (Å²) in [5, 5.41) is 10.2. The van der Waals surface area contributed by atoms with Gasteiger partial charge in [0.1, 0.15) is 0 Å². The Kier molecular flexibility index (Phi) is 1.51. The average Bonchev–Trinajstić information content (AvgIpc) is 1.64. The SMILES string of the molecule is C[C@@H]1CCNC(=N)C1. The molecule has 0 aromatic rings. The summed E-state index contributed by atoms with van der Waals surface area (Å²) in [5.74, 6) is 1.44. The Morgan fingerprint density at radius 2 is 2.50 bits per heavy atom. The van der Waals surface area contributed by atoms with E-state index < -0.39 is 0 Å². The first-order chi connectivity index (χ1) is 3.79. The quantitative estimate of drug-likeness (QED) is 0.481. The zero-order valence-corrected chi connectivity index (χ0v) is 5.20. The van der Waals surface area contributed by atoms with Gasteiger partial charge < -0.3 is 5.32 Å². The number of piperidine rings is 1. The van der Waals surface area contributed by atoms with Crippen LogP contribution in [0.25, 0.3) is 0 Å². The summed E-state index contributed by atoms with van der Waals surface area (Å²) >= 11 is 0. The molecule has 1 saturated heterocycles. The van der Waals surface area contributed by atoms with E-state index in [4.69, 9.17) is 5.41 Å². The molecule has 0 spiro atoms. The summed E-state index contributed by atoms with van der Waals surface area (Å²) < 4.78 is 0. The zero-order chi connectivity index (χ0) is 5.98. The van der Waals surface area contributed by atoms with E-state index in [-0.39, 0.29) is 0 Å². The second kappa shape index (κ2) is 2.16. The second-order valence-electron chi connectivity index (χ2n) is 2.50. The van der Waals surface area contributed by atoms with Crippen molar-refractivity contribution in [3.8, 4) is 0 Å². The van der Waals surface area contributed by atoms with Crippen LogP contribution >= 0.6 is 0 Å². The molecule has 1 heterocycles. The van der Waals surface area contributed by atoms with Gasteiger partial charge in [-0.1, -0.05) is 6.92 Å². The normalized spacial score (nSPS) is 29.6. The van der Waals surface area contributed by atoms with Gasteiger partial charge >= 0.3 is 0 Å². The molecule has 1 fully saturated rings. The molecule has 8 heavy (non-hydrogen) atoms. The van der Waals surface area contributed by atoms with Gasteiger partial charge in [0.25, 0.3) is 0 Å². The first-order valence-electron chi connectivity index (χ1n) is 3.10. The Bertz CT molecular complexity index is 98.7. The van der Waals surface area contributed by atoms with Gasteiger partial charge in [0.05, 0.1) is 5.84 Å². The molecule has 46 valence electrons. The van der Waals surface area contributed by atoms with E-state index in [1.165, 1.54) is 6.42 Å². The summed E-state index contributed by atoms with van der Waals surface area (Å²) in [4.78, 5) is 0. The van der Waals surface area contributed by atoms with Crippen LogP contribution in [0.15, 0.2) is 0 Å². The summed E-state index contributed by atoms with van der Waals surface area (Å²) in [7, 11) is 0. The number of amidine groups is 1. The Morgan fingerprint density at radius 3 is 2.88 bits per heavy atom. The number of nitrogens with one attached hydrogen (secondary N) is 2. The van der Waals surface area contributed by atoms with Crippen molar-refractivity contribution in [1.29, 1.82) is 5.41 Å². The van der Waals surface area contributed by atoms with Crippen molar-refractivity contribution in [1.82, 2.24) is 5.32 Å². The Hall–Kier alpha value is -0.530. The number of hydrogen-bond donors (Lipinski definition) is 2. The Morgan fingerprint density at radius 1 is 1.75 bits per heavy atom. The third-order valence-corrected chi connectivity index (χ3v) is 1.53. The van der Waals surface area contributed by atoms with Gasteiger partial charge in [0.2, 0.25) is 0 Å². The average molecular weight is 112 g/mol. The molecule has 2 nitrogen and oxygen atoms in total. The highest BCUT2D eigenvalue weighted by atomic mass is 14.9. The maximum Gasteiger partial charge on any atom is 0.0934 e. The molecule has 1 rings (SSSR count). The van der Waals surface area contributed by atoms with Crippen LogP contribution < -0.4 is 5.32 Å². The highest BCUT2D eigenvalue weighted by Gasteiger charge is 2.10. The fourth-order valence-electron chi connectivity index (χ4n) is 0.992. The molecule has 0 unspecified atom stereocenters. The molecule has 1 aliphatic heterocycles. The topological polar surface area (TPSA) is 35.9 Å². The van der Waals surface area contributed by atoms with Crippen molar-refractivity contribution in [3.63, 3.8) is 0 Å². The van der Waals surface area contributed by atoms with Crippen LogP contribution in [0.1, 0.15) is 19.8 Å². The maximum absolute atomic E-state index is 7.21. The fourth-order valence-corrected chi connectivity index (χ4v) is 0.992. The molecule has 0 amide bonds. The van der Waals surface area contributed by atoms with E-state index in [2.05, 4.69) is 12.2 Å². The molecule has 0 bridgehead atoms. The summed E-state index contributed by atoms with van der Waals surface area (Å²) in [6.45, 7) is 3.19. The van der Waals surface area contributed by atoms with Crippen LogP contribution in [0, 0.1) is 11.3 Å². The third kappa shape index (κ3) is 1.22. The Labute approximate surface area is 49.8 Å². The lowest BCUT2D eigenvalue weighted by atomic mass is 10.0. The van der Waals surface area contributed by atoms with Crippen molar-refractivity contribution >= 4 is 5.84 Å². The minimum absolute atomic E-state index is 0.712. The van der Waals surface area contributed by atoms with Gasteiger partial charge in [-0.15, -0.1) is 0 Å². The van der Waals surface area contributed by atoms with Gasteiger partial charge in [0.15, 0.2) is 0 Å². The molecular weight excluding hydrogens is 100 g/mol. The smallest absolute Gasteiger partial charge is 0.0934 e. The molecule has 0 radical (unpaired) electrons. The summed E-state index contributed by atoms with van der Waals surface area (Å²) in [6, 6.07) is 0. The molecule has 2 heteroatoms. The summed E-state index contributed by atoms with van der Waals surface area (Å²) in [5.41, 5.74) is 0. The summed E-state index contributed by atoms with van der Waals surface area (Å²) in [6.07, 6.45) is 2.17. The third-order valence-electron chi connectivity index (χ3n) is 1.53. The zero-order valence-electron chi connectivity index (χ0n) is 5.20. The van der Waals surface area contributed by atoms with E-state index in [9.17, 15) is 0 Å². The molecule has 0 aromatic carbocycles. The lowest BCUT2D eigenvalue weighted by Gasteiger charge is -2.19. The largest absolute Gasteiger partial charge is 0.374 e. The standard InChI is InChI=1S/C6H12N2/c1-5-2-3-8-6(7)4-5/h5H,2-4H2,1H3,(H2,7,8)/t5-/m1/s1. The first kappa shape index (κ1) is 5.60. The molecule has 1 aliphatic rings. The predicted molar refractivity (Wildman–Crippen MR) is 34.1 cm³/mol. The van der Waals surface area contributed by atoms with Crippen molar-refractivity contribution in [3.05, 3.63) is 0 Å². The van der Waals surface area contributed by atoms with Crippen molar-refractivity contribution < 1.29 is 0 Å². The molecule has 2 N–H and O–H groups in total. The molecule has 0 saturated carbocycles. The van der Waals surface area contributed by atoms with Gasteiger partial charge in [-0.05, 0) is 12.3 Å². The monoisotopic (exact) mass is 112 g/mol. The number of rotatable bonds is 0. The van der Waals surface area contributed by atoms with E-state index in [1.807, 2.05) is 0 Å². The van der Waals surface area contributed by atoms with Crippen LogP contribution in [0.2, 0.25) is 0 Å². The fraction of sp³-hybridized carbons (Fsp3) is 0.833. The van der Waals surface area contributed by atoms with E-state index in [0.29, 0.717) is 5.84 Å². The highest BCUT2D eigenvalue weighted by Crippen LogP contribution is 2.09. The molecule has 0 aliphatic carbocycles. The second-order valence-corrected chi connectivity index (χ2v) is 2.50. The van der Waals surface area contributed by atoms with Gasteiger partial charge in [0, 0.05) is 13.0 Å². The van der Waals surface area contributed by atoms with Crippen LogP contribution in [-0.4, -0.2) is 12.4 Å². The van der Waals surface area contributed by atoms with Crippen molar-refractivity contribution in [2.45, 2.75) is 19.8 Å². The molecule has 0 aromatic heterocycles. The lowest BCUT2D eigenvalue weighted by molar-refractivity contribution is 0.504. The van der Waals surface area contributed by atoms with Crippen LogP contribution in [0.4, 0.5) is 0 Å². The van der Waals surface area contributed by atoms with Crippen LogP contribution in [-0.2, 0) is 0 Å². The molecule has 1 atom stereocenters. The van der Waals surface area contributed by atoms with Crippen molar-refractivity contribution in [2.75, 3.05) is 6.54 Å². The minimum Gasteiger partial charge on any atom is -0.374 e. The molecular formula is C6H12N2. The Balaban J connectivity index is 2.34. The minimum atomic E-state index is 0.712. The first-order valence-corrected chi connectivity index (χ1v) is 3.10. The lowest BCUT2D eigenvalue weighted by Crippen LogP contribution is -2.31. The van der Waals surface area contributed by atoms with Gasteiger partial charge in [-0.3, -0.25) is 5.41 Å². The van der Waals surface area contributed by atoms with E-state index >= 15 is 0 Å². The van der Waals surface area contributed by atoms with Crippen LogP contribution in [0.3, 0.4) is 0 Å². The van der Waals surface area contributed by atoms with Crippen molar-refractivity contribution in [2.24, 2.45) is 5.92 Å². The number of hydrogen-bond acceptors (Lipinski definition) is 1. The predicted octanol–water partition coefficient (Wildman–Crippen LogP) is 0.983. The van der Waals surface area contributed by atoms with E-state index in [0.717, 1.165) is 18.9 Å². The van der Waals surface area contributed by atoms with Crippen LogP contribution in [0.5, 0.6) is 0 Å². The van der Waals surface area contributed by atoms with Gasteiger partial charge in [-0.2, -0.15) is 0 Å².